The fraction of sp³-hybridized carbons (Fsp3) is 0.294. The number of anilines is 4. The Morgan fingerprint density at radius 3 is 1.16 bits per heavy atom. The minimum absolute atomic E-state index is 0.422. The maximum atomic E-state index is 2.64. The van der Waals surface area contributed by atoms with Gasteiger partial charge in [0, 0.05) is 39.0 Å². The lowest BCUT2D eigenvalue weighted by Gasteiger charge is -2.52. The molecule has 0 saturated carbocycles. The maximum Gasteiger partial charge on any atom is 0.0901 e. The topological polar surface area (TPSA) is 13.0 Å². The van der Waals surface area contributed by atoms with Crippen molar-refractivity contribution in [3.63, 3.8) is 0 Å². The molecule has 0 spiro atoms. The van der Waals surface area contributed by atoms with Crippen LogP contribution in [0.2, 0.25) is 0 Å². The van der Waals surface area contributed by atoms with Crippen LogP contribution in [0.15, 0.2) is 97.1 Å². The van der Waals surface area contributed by atoms with Crippen molar-refractivity contribution < 1.29 is 0 Å². The van der Waals surface area contributed by atoms with Crippen LogP contribution < -0.4 is 19.6 Å². The zero-order valence-electron chi connectivity index (χ0n) is 22.2. The quantitative estimate of drug-likeness (QED) is 0.326. The highest BCUT2D eigenvalue weighted by Crippen LogP contribution is 2.59. The average Bonchev–Trinajstić information content (AvgIpc) is 3.45. The van der Waals surface area contributed by atoms with E-state index in [4.69, 9.17) is 0 Å². The molecule has 190 valence electrons. The molecular formula is C34H34N4. The summed E-state index contributed by atoms with van der Waals surface area (Å²) in [7, 11) is 4.45. The lowest BCUT2D eigenvalue weighted by atomic mass is 9.54. The Morgan fingerprint density at radius 1 is 0.474 bits per heavy atom. The summed E-state index contributed by atoms with van der Waals surface area (Å²) in [5.41, 5.74) is 11.7. The lowest BCUT2D eigenvalue weighted by molar-refractivity contribution is 0.236. The third kappa shape index (κ3) is 3.09. The van der Waals surface area contributed by atoms with Crippen LogP contribution in [0.25, 0.3) is 0 Å². The van der Waals surface area contributed by atoms with Crippen LogP contribution in [0.5, 0.6) is 0 Å². The van der Waals surface area contributed by atoms with E-state index in [0.717, 1.165) is 26.4 Å². The van der Waals surface area contributed by atoms with Crippen molar-refractivity contribution in [3.8, 4) is 0 Å². The number of hydrogen-bond acceptors (Lipinski definition) is 4. The maximum absolute atomic E-state index is 2.64. The SMILES string of the molecule is CN1CN(C[C@H]2C3c4ccccc4C(c4ccccc43)[C@@H]2CN2CN(C)c3ccccc32)c2ccccc21. The number of para-hydroxylation sites is 4. The summed E-state index contributed by atoms with van der Waals surface area (Å²) in [6, 6.07) is 36.5. The van der Waals surface area contributed by atoms with Crippen LogP contribution >= 0.6 is 0 Å². The summed E-state index contributed by atoms with van der Waals surface area (Å²) in [4.78, 5) is 10.1. The van der Waals surface area contributed by atoms with E-state index in [1.54, 1.807) is 22.3 Å². The van der Waals surface area contributed by atoms with Crippen LogP contribution in [-0.4, -0.2) is 40.5 Å². The number of hydrogen-bond donors (Lipinski definition) is 0. The summed E-state index contributed by atoms with van der Waals surface area (Å²) >= 11 is 0. The monoisotopic (exact) mass is 498 g/mol. The molecule has 0 saturated heterocycles. The minimum atomic E-state index is 0.422. The Kier molecular flexibility index (Phi) is 4.82. The first-order chi connectivity index (χ1) is 18.7. The molecule has 0 N–H and O–H groups in total. The third-order valence-electron chi connectivity index (χ3n) is 9.63. The van der Waals surface area contributed by atoms with Crippen LogP contribution in [0.1, 0.15) is 34.1 Å². The normalized spacial score (nSPS) is 24.4. The van der Waals surface area contributed by atoms with Gasteiger partial charge < -0.3 is 19.6 Å². The fourth-order valence-corrected chi connectivity index (χ4v) is 8.13. The molecule has 2 heterocycles. The minimum Gasteiger partial charge on any atom is -0.355 e. The third-order valence-corrected chi connectivity index (χ3v) is 9.63. The number of benzene rings is 4. The first-order valence-corrected chi connectivity index (χ1v) is 14.0. The van der Waals surface area contributed by atoms with E-state index in [1.165, 1.54) is 22.7 Å². The highest BCUT2D eigenvalue weighted by Gasteiger charge is 2.51. The molecule has 0 amide bonds. The van der Waals surface area contributed by atoms with E-state index in [2.05, 4.69) is 131 Å². The predicted molar refractivity (Wildman–Crippen MR) is 158 cm³/mol. The molecule has 2 atom stereocenters. The smallest absolute Gasteiger partial charge is 0.0901 e. The van der Waals surface area contributed by atoms with Gasteiger partial charge in [-0.3, -0.25) is 0 Å². The number of rotatable bonds is 4. The molecule has 2 bridgehead atoms. The van der Waals surface area contributed by atoms with E-state index in [1.807, 2.05) is 0 Å². The van der Waals surface area contributed by atoms with Gasteiger partial charge in [0.15, 0.2) is 0 Å². The van der Waals surface area contributed by atoms with Crippen molar-refractivity contribution in [2.24, 2.45) is 11.8 Å². The Labute approximate surface area is 225 Å². The lowest BCUT2D eigenvalue weighted by Crippen LogP contribution is -2.50. The number of nitrogens with zero attached hydrogens (tertiary/aromatic N) is 4. The second kappa shape index (κ2) is 8.29. The van der Waals surface area contributed by atoms with Gasteiger partial charge >= 0.3 is 0 Å². The molecule has 4 heteroatoms. The Hall–Kier alpha value is -3.92. The molecule has 4 aromatic rings. The van der Waals surface area contributed by atoms with E-state index in [9.17, 15) is 0 Å². The summed E-state index contributed by atoms with van der Waals surface area (Å²) in [5.74, 6) is 1.90. The van der Waals surface area contributed by atoms with Crippen molar-refractivity contribution in [3.05, 3.63) is 119 Å². The van der Waals surface area contributed by atoms with Crippen molar-refractivity contribution in [2.45, 2.75) is 11.8 Å². The van der Waals surface area contributed by atoms with Crippen LogP contribution in [0.3, 0.4) is 0 Å². The average molecular weight is 499 g/mol. The Bertz CT molecular complexity index is 1370. The summed E-state index contributed by atoms with van der Waals surface area (Å²) < 4.78 is 0. The van der Waals surface area contributed by atoms with Gasteiger partial charge in [0.05, 0.1) is 36.1 Å². The number of fused-ring (bicyclic) bond motifs is 3. The summed E-state index contributed by atoms with van der Waals surface area (Å²) in [5, 5.41) is 0. The van der Waals surface area contributed by atoms with Crippen molar-refractivity contribution in [1.82, 2.24) is 0 Å². The van der Waals surface area contributed by atoms with Crippen LogP contribution in [0.4, 0.5) is 22.7 Å². The van der Waals surface area contributed by atoms with Crippen molar-refractivity contribution >= 4 is 22.7 Å². The van der Waals surface area contributed by atoms with E-state index >= 15 is 0 Å². The van der Waals surface area contributed by atoms with Gasteiger partial charge in [0.2, 0.25) is 0 Å². The standard InChI is InChI=1S/C34H34N4/c1-35-21-37(31-17-9-7-15-29(31)35)19-27-28(20-38-22-36(2)30-16-8-10-18-32(30)38)34-25-13-5-3-11-23(25)33(27)24-12-4-6-14-26(24)34/h3-18,27-28,33-34H,19-22H2,1-2H3/t27-,28-,33?,34?/m1/s1. The van der Waals surface area contributed by atoms with Crippen molar-refractivity contribution in [2.75, 3.05) is 60.1 Å². The molecule has 9 rings (SSSR count). The zero-order chi connectivity index (χ0) is 25.4. The van der Waals surface area contributed by atoms with Gasteiger partial charge in [-0.2, -0.15) is 0 Å². The fourth-order valence-electron chi connectivity index (χ4n) is 8.13. The van der Waals surface area contributed by atoms with Crippen LogP contribution in [0, 0.1) is 11.8 Å². The van der Waals surface area contributed by atoms with Gasteiger partial charge in [0.25, 0.3) is 0 Å². The largest absolute Gasteiger partial charge is 0.355 e. The molecule has 5 aliphatic rings. The van der Waals surface area contributed by atoms with E-state index in [-0.39, 0.29) is 0 Å². The van der Waals surface area contributed by atoms with Gasteiger partial charge in [-0.25, -0.2) is 0 Å². The van der Waals surface area contributed by atoms with Crippen LogP contribution in [-0.2, 0) is 0 Å². The summed E-state index contributed by atoms with van der Waals surface area (Å²) in [6.07, 6.45) is 0. The first-order valence-electron chi connectivity index (χ1n) is 14.0. The molecule has 0 aromatic heterocycles. The predicted octanol–water partition coefficient (Wildman–Crippen LogP) is 6.34. The highest BCUT2D eigenvalue weighted by molar-refractivity contribution is 5.77. The summed E-state index contributed by atoms with van der Waals surface area (Å²) in [6.45, 7) is 4.05. The van der Waals surface area contributed by atoms with Gasteiger partial charge in [-0.1, -0.05) is 72.8 Å². The first kappa shape index (κ1) is 22.1. The van der Waals surface area contributed by atoms with Crippen molar-refractivity contribution in [1.29, 1.82) is 0 Å². The second-order valence-electron chi connectivity index (χ2n) is 11.6. The second-order valence-corrected chi connectivity index (χ2v) is 11.6. The molecule has 4 aromatic carbocycles. The molecule has 0 unspecified atom stereocenters. The van der Waals surface area contributed by atoms with E-state index in [0.29, 0.717) is 23.7 Å². The van der Waals surface area contributed by atoms with Gasteiger partial charge in [-0.15, -0.1) is 0 Å². The molecule has 0 fully saturated rings. The Morgan fingerprint density at radius 2 is 0.789 bits per heavy atom. The highest BCUT2D eigenvalue weighted by atomic mass is 15.4. The Balaban J connectivity index is 1.25. The van der Waals surface area contributed by atoms with Gasteiger partial charge in [-0.05, 0) is 58.4 Å². The molecular weight excluding hydrogens is 464 g/mol. The van der Waals surface area contributed by atoms with Gasteiger partial charge in [0.1, 0.15) is 0 Å². The molecule has 4 nitrogen and oxygen atoms in total. The molecule has 2 aliphatic heterocycles. The molecule has 0 radical (unpaired) electrons. The molecule has 3 aliphatic carbocycles. The molecule has 38 heavy (non-hydrogen) atoms. The van der Waals surface area contributed by atoms with E-state index < -0.39 is 0 Å². The zero-order valence-corrected chi connectivity index (χ0v) is 22.2.